The van der Waals surface area contributed by atoms with Crippen molar-refractivity contribution in [2.45, 2.75) is 32.2 Å². The van der Waals surface area contributed by atoms with Gasteiger partial charge in [0.1, 0.15) is 0 Å². The fraction of sp³-hybridized carbons (Fsp3) is 0.529. The molecule has 1 aromatic carbocycles. The molecule has 0 fully saturated rings. The largest absolute Gasteiger partial charge is 0.469 e. The molecule has 5 nitrogen and oxygen atoms in total. The molecule has 23 heavy (non-hydrogen) atoms. The van der Waals surface area contributed by atoms with Crippen LogP contribution < -0.4 is 0 Å². The molecular weight excluding hydrogens is 312 g/mol. The molecule has 1 aliphatic carbocycles. The Hall–Kier alpha value is -1.66. The summed E-state index contributed by atoms with van der Waals surface area (Å²) in [6.45, 7) is 6.18. The van der Waals surface area contributed by atoms with E-state index in [9.17, 15) is 9.59 Å². The first kappa shape index (κ1) is 17.7. The quantitative estimate of drug-likeness (QED) is 0.625. The van der Waals surface area contributed by atoms with Crippen LogP contribution in [0.15, 0.2) is 24.3 Å². The van der Waals surface area contributed by atoms with Crippen LogP contribution in [0, 0.1) is 11.8 Å². The Bertz CT molecular complexity index is 593. The van der Waals surface area contributed by atoms with Crippen molar-refractivity contribution in [1.29, 1.82) is 0 Å². The van der Waals surface area contributed by atoms with Gasteiger partial charge in [-0.1, -0.05) is 24.3 Å². The fourth-order valence-electron chi connectivity index (χ4n) is 3.09. The number of esters is 2. The normalized spacial score (nSPS) is 23.8. The Morgan fingerprint density at radius 2 is 1.65 bits per heavy atom. The van der Waals surface area contributed by atoms with Crippen LogP contribution in [0.1, 0.15) is 17.2 Å². The second-order valence-corrected chi connectivity index (χ2v) is 11.2. The Morgan fingerprint density at radius 1 is 1.04 bits per heavy atom. The van der Waals surface area contributed by atoms with E-state index in [1.165, 1.54) is 14.2 Å². The van der Waals surface area contributed by atoms with Crippen molar-refractivity contribution in [1.82, 2.24) is 0 Å². The molecule has 2 rings (SSSR count). The fourth-order valence-corrected chi connectivity index (χ4v) is 4.12. The molecule has 0 radical (unpaired) electrons. The minimum atomic E-state index is -1.95. The highest BCUT2D eigenvalue weighted by atomic mass is 28.4. The van der Waals surface area contributed by atoms with Gasteiger partial charge in [0, 0.05) is 0 Å². The summed E-state index contributed by atoms with van der Waals surface area (Å²) >= 11 is 0. The SMILES string of the molecule is COC(=O)[C@H]1[C@H](C(=O)OC)Cc2ccccc2[C@@H]1O[Si](C)(C)C. The van der Waals surface area contributed by atoms with E-state index >= 15 is 0 Å². The van der Waals surface area contributed by atoms with E-state index in [2.05, 4.69) is 19.6 Å². The van der Waals surface area contributed by atoms with Gasteiger partial charge in [-0.05, 0) is 37.2 Å². The minimum Gasteiger partial charge on any atom is -0.469 e. The summed E-state index contributed by atoms with van der Waals surface area (Å²) in [4.78, 5) is 24.7. The van der Waals surface area contributed by atoms with Crippen LogP contribution in [0.5, 0.6) is 0 Å². The molecule has 0 heterocycles. The van der Waals surface area contributed by atoms with Gasteiger partial charge in [0.15, 0.2) is 8.32 Å². The highest BCUT2D eigenvalue weighted by molar-refractivity contribution is 6.69. The average molecular weight is 336 g/mol. The molecular formula is C17H24O5Si. The molecule has 0 saturated carbocycles. The summed E-state index contributed by atoms with van der Waals surface area (Å²) in [5, 5.41) is 0. The van der Waals surface area contributed by atoms with E-state index in [-0.39, 0.29) is 0 Å². The van der Waals surface area contributed by atoms with Gasteiger partial charge in [0.05, 0.1) is 32.2 Å². The van der Waals surface area contributed by atoms with Crippen LogP contribution in [-0.4, -0.2) is 34.5 Å². The van der Waals surface area contributed by atoms with Gasteiger partial charge in [-0.25, -0.2) is 0 Å². The van der Waals surface area contributed by atoms with Crippen LogP contribution in [0.25, 0.3) is 0 Å². The van der Waals surface area contributed by atoms with Crippen molar-refractivity contribution in [3.05, 3.63) is 35.4 Å². The number of fused-ring (bicyclic) bond motifs is 1. The van der Waals surface area contributed by atoms with Crippen molar-refractivity contribution in [3.63, 3.8) is 0 Å². The Labute approximate surface area is 138 Å². The molecule has 6 heteroatoms. The molecule has 0 amide bonds. The van der Waals surface area contributed by atoms with Crippen molar-refractivity contribution in [2.75, 3.05) is 14.2 Å². The van der Waals surface area contributed by atoms with Gasteiger partial charge in [0.25, 0.3) is 0 Å². The summed E-state index contributed by atoms with van der Waals surface area (Å²) in [5.41, 5.74) is 1.98. The zero-order valence-corrected chi connectivity index (χ0v) is 15.3. The van der Waals surface area contributed by atoms with E-state index in [0.717, 1.165) is 11.1 Å². The summed E-state index contributed by atoms with van der Waals surface area (Å²) < 4.78 is 16.2. The third-order valence-electron chi connectivity index (χ3n) is 4.02. The Kier molecular flexibility index (Phi) is 5.26. The first-order valence-corrected chi connectivity index (χ1v) is 11.1. The lowest BCUT2D eigenvalue weighted by molar-refractivity contribution is -0.163. The van der Waals surface area contributed by atoms with Crippen molar-refractivity contribution >= 4 is 20.3 Å². The lowest BCUT2D eigenvalue weighted by atomic mass is 9.74. The zero-order chi connectivity index (χ0) is 17.2. The van der Waals surface area contributed by atoms with Gasteiger partial charge in [-0.15, -0.1) is 0 Å². The number of benzene rings is 1. The van der Waals surface area contributed by atoms with Crippen molar-refractivity contribution in [2.24, 2.45) is 11.8 Å². The molecule has 0 spiro atoms. The van der Waals surface area contributed by atoms with Crippen molar-refractivity contribution in [3.8, 4) is 0 Å². The molecule has 0 N–H and O–H groups in total. The standard InChI is InChI=1S/C17H24O5Si/c1-20-16(18)13-10-11-8-6-7-9-12(11)15(22-23(3,4)5)14(13)17(19)21-2/h6-9,13-15H,10H2,1-5H3/t13-,14+,15+/m1/s1. The molecule has 126 valence electrons. The zero-order valence-electron chi connectivity index (χ0n) is 14.3. The third-order valence-corrected chi connectivity index (χ3v) is 4.98. The Morgan fingerprint density at radius 3 is 2.22 bits per heavy atom. The molecule has 0 aliphatic heterocycles. The lowest BCUT2D eigenvalue weighted by Crippen LogP contribution is -2.44. The molecule has 0 aromatic heterocycles. The summed E-state index contributed by atoms with van der Waals surface area (Å²) in [6, 6.07) is 7.78. The summed E-state index contributed by atoms with van der Waals surface area (Å²) in [5.74, 6) is -2.12. The van der Waals surface area contributed by atoms with Gasteiger partial charge in [-0.2, -0.15) is 0 Å². The maximum absolute atomic E-state index is 12.4. The number of carbonyl (C=O) groups excluding carboxylic acids is 2. The number of hydrogen-bond acceptors (Lipinski definition) is 5. The number of carbonyl (C=O) groups is 2. The summed E-state index contributed by atoms with van der Waals surface area (Å²) in [6.07, 6.45) is -0.0306. The molecule has 0 bridgehead atoms. The van der Waals surface area contributed by atoms with E-state index < -0.39 is 38.2 Å². The van der Waals surface area contributed by atoms with Crippen LogP contribution in [-0.2, 0) is 29.9 Å². The van der Waals surface area contributed by atoms with Crippen LogP contribution in [0.4, 0.5) is 0 Å². The Balaban J connectivity index is 2.54. The van der Waals surface area contributed by atoms with Gasteiger partial charge < -0.3 is 13.9 Å². The molecule has 0 saturated heterocycles. The maximum atomic E-state index is 12.4. The second-order valence-electron chi connectivity index (χ2n) is 6.73. The van der Waals surface area contributed by atoms with Gasteiger partial charge in [0.2, 0.25) is 0 Å². The average Bonchev–Trinajstić information content (AvgIpc) is 2.51. The summed E-state index contributed by atoms with van der Waals surface area (Å²) in [7, 11) is 0.727. The lowest BCUT2D eigenvalue weighted by Gasteiger charge is -2.39. The van der Waals surface area contributed by atoms with Crippen molar-refractivity contribution < 1.29 is 23.5 Å². The predicted octanol–water partition coefficient (Wildman–Crippen LogP) is 2.71. The molecule has 0 unspecified atom stereocenters. The van der Waals surface area contributed by atoms with E-state index in [1.54, 1.807) is 0 Å². The third kappa shape index (κ3) is 3.82. The van der Waals surface area contributed by atoms with Gasteiger partial charge in [-0.3, -0.25) is 9.59 Å². The van der Waals surface area contributed by atoms with E-state index in [0.29, 0.717) is 6.42 Å². The first-order chi connectivity index (χ1) is 10.8. The number of hydrogen-bond donors (Lipinski definition) is 0. The molecule has 3 atom stereocenters. The highest BCUT2D eigenvalue weighted by Crippen LogP contribution is 2.43. The number of ether oxygens (including phenoxy) is 2. The van der Waals surface area contributed by atoms with Crippen LogP contribution in [0.3, 0.4) is 0 Å². The maximum Gasteiger partial charge on any atom is 0.312 e. The molecule has 1 aliphatic rings. The smallest absolute Gasteiger partial charge is 0.312 e. The number of rotatable bonds is 4. The van der Waals surface area contributed by atoms with Crippen LogP contribution >= 0.6 is 0 Å². The monoisotopic (exact) mass is 336 g/mol. The molecule has 1 aromatic rings. The topological polar surface area (TPSA) is 61.8 Å². The minimum absolute atomic E-state index is 0.404. The first-order valence-electron chi connectivity index (χ1n) is 7.69. The number of methoxy groups -OCH3 is 2. The highest BCUT2D eigenvalue weighted by Gasteiger charge is 2.47. The second kappa shape index (κ2) is 6.84. The van der Waals surface area contributed by atoms with E-state index in [4.69, 9.17) is 13.9 Å². The van der Waals surface area contributed by atoms with Crippen LogP contribution in [0.2, 0.25) is 19.6 Å². The predicted molar refractivity (Wildman–Crippen MR) is 88.3 cm³/mol. The van der Waals surface area contributed by atoms with Gasteiger partial charge >= 0.3 is 11.9 Å². The van der Waals surface area contributed by atoms with E-state index in [1.807, 2.05) is 24.3 Å².